The minimum absolute atomic E-state index is 0.0129. The molecule has 0 saturated carbocycles. The quantitative estimate of drug-likeness (QED) is 0.588. The number of para-hydroxylation sites is 1. The first-order chi connectivity index (χ1) is 7.36. The summed E-state index contributed by atoms with van der Waals surface area (Å²) in [5.41, 5.74) is 0. The molecule has 1 unspecified atom stereocenters. The third-order valence-electron chi connectivity index (χ3n) is 2.59. The number of benzene rings is 1. The van der Waals surface area contributed by atoms with Gasteiger partial charge in [-0.3, -0.25) is 4.79 Å². The van der Waals surface area contributed by atoms with Crippen LogP contribution in [-0.4, -0.2) is 19.1 Å². The Morgan fingerprint density at radius 3 is 2.80 bits per heavy atom. The summed E-state index contributed by atoms with van der Waals surface area (Å²) in [6, 6.07) is 9.23. The highest BCUT2D eigenvalue weighted by Gasteiger charge is 2.22. The van der Waals surface area contributed by atoms with E-state index in [-0.39, 0.29) is 11.9 Å². The molecule has 80 valence electrons. The summed E-state index contributed by atoms with van der Waals surface area (Å²) < 4.78 is 5.27. The Morgan fingerprint density at radius 2 is 2.13 bits per heavy atom. The lowest BCUT2D eigenvalue weighted by Crippen LogP contribution is -2.36. The van der Waals surface area contributed by atoms with E-state index < -0.39 is 0 Å². The Hall–Kier alpha value is -1.35. The van der Waals surface area contributed by atoms with Gasteiger partial charge in [0.1, 0.15) is 5.75 Å². The molecule has 3 heteroatoms. The lowest BCUT2D eigenvalue weighted by Gasteiger charge is -2.20. The summed E-state index contributed by atoms with van der Waals surface area (Å²) in [5, 5.41) is 3.20. The highest BCUT2D eigenvalue weighted by molar-refractivity contribution is 5.75. The number of rotatable bonds is 2. The van der Waals surface area contributed by atoms with Gasteiger partial charge in [-0.1, -0.05) is 18.2 Å². The number of carbonyl (C=O) groups excluding carboxylic acids is 1. The Kier molecular flexibility index (Phi) is 3.35. The maximum absolute atomic E-state index is 11.7. The zero-order chi connectivity index (χ0) is 10.5. The Bertz CT molecular complexity index is 318. The average molecular weight is 205 g/mol. The van der Waals surface area contributed by atoms with Crippen molar-refractivity contribution in [1.29, 1.82) is 0 Å². The van der Waals surface area contributed by atoms with Gasteiger partial charge in [-0.05, 0) is 31.5 Å². The van der Waals surface area contributed by atoms with E-state index in [1.807, 2.05) is 18.2 Å². The van der Waals surface area contributed by atoms with E-state index in [4.69, 9.17) is 4.74 Å². The molecule has 1 aliphatic heterocycles. The second-order valence-corrected chi connectivity index (χ2v) is 3.78. The van der Waals surface area contributed by atoms with E-state index in [0.29, 0.717) is 5.75 Å². The average Bonchev–Trinajstić information content (AvgIpc) is 2.31. The number of nitrogens with one attached hydrogen (secondary N) is 1. The molecular weight excluding hydrogens is 190 g/mol. The normalized spacial score (nSPS) is 20.9. The number of carbonyl (C=O) groups is 1. The predicted molar refractivity (Wildman–Crippen MR) is 57.7 cm³/mol. The summed E-state index contributed by atoms with van der Waals surface area (Å²) in [7, 11) is 0. The summed E-state index contributed by atoms with van der Waals surface area (Å²) in [6.07, 6.45) is 1.98. The third kappa shape index (κ3) is 2.80. The lowest BCUT2D eigenvalue weighted by molar-refractivity contribution is -0.139. The molecule has 0 radical (unpaired) electrons. The molecule has 3 nitrogen and oxygen atoms in total. The molecule has 1 saturated heterocycles. The van der Waals surface area contributed by atoms with Crippen molar-refractivity contribution in [1.82, 2.24) is 5.32 Å². The second kappa shape index (κ2) is 4.94. The van der Waals surface area contributed by atoms with Crippen molar-refractivity contribution in [3.63, 3.8) is 0 Å². The van der Waals surface area contributed by atoms with E-state index in [9.17, 15) is 4.79 Å². The van der Waals surface area contributed by atoms with Gasteiger partial charge in [0.2, 0.25) is 0 Å². The summed E-state index contributed by atoms with van der Waals surface area (Å²) in [4.78, 5) is 11.7. The molecular formula is C12H15NO2. The van der Waals surface area contributed by atoms with Gasteiger partial charge in [0, 0.05) is 6.54 Å². The zero-order valence-electron chi connectivity index (χ0n) is 8.61. The number of hydrogen-bond donors (Lipinski definition) is 1. The maximum atomic E-state index is 11.7. The zero-order valence-corrected chi connectivity index (χ0v) is 8.61. The molecule has 1 fully saturated rings. The summed E-state index contributed by atoms with van der Waals surface area (Å²) in [6.45, 7) is 1.75. The first-order valence-corrected chi connectivity index (χ1v) is 5.34. The van der Waals surface area contributed by atoms with E-state index in [2.05, 4.69) is 5.32 Å². The summed E-state index contributed by atoms with van der Waals surface area (Å²) in [5.74, 6) is 0.528. The number of esters is 1. The standard InChI is InChI=1S/C12H15NO2/c14-12(10-5-4-8-13-9-10)15-11-6-2-1-3-7-11/h1-3,6-7,10,13H,4-5,8-9H2. The molecule has 2 rings (SSSR count). The lowest BCUT2D eigenvalue weighted by atomic mass is 10.0. The van der Waals surface area contributed by atoms with Gasteiger partial charge < -0.3 is 10.1 Å². The first kappa shape index (κ1) is 10.2. The van der Waals surface area contributed by atoms with Gasteiger partial charge in [-0.15, -0.1) is 0 Å². The number of piperidine rings is 1. The smallest absolute Gasteiger partial charge is 0.315 e. The largest absolute Gasteiger partial charge is 0.426 e. The van der Waals surface area contributed by atoms with E-state index in [1.165, 1.54) is 0 Å². The van der Waals surface area contributed by atoms with Gasteiger partial charge in [-0.25, -0.2) is 0 Å². The van der Waals surface area contributed by atoms with Crippen LogP contribution in [0.15, 0.2) is 30.3 Å². The van der Waals surface area contributed by atoms with Crippen molar-refractivity contribution in [3.05, 3.63) is 30.3 Å². The predicted octanol–water partition coefficient (Wildman–Crippen LogP) is 1.59. The van der Waals surface area contributed by atoms with Gasteiger partial charge in [-0.2, -0.15) is 0 Å². The fourth-order valence-electron chi connectivity index (χ4n) is 1.74. The van der Waals surface area contributed by atoms with Crippen LogP contribution in [0.5, 0.6) is 5.75 Å². The van der Waals surface area contributed by atoms with Gasteiger partial charge in [0.05, 0.1) is 5.92 Å². The highest BCUT2D eigenvalue weighted by Crippen LogP contribution is 2.15. The molecule has 1 heterocycles. The fraction of sp³-hybridized carbons (Fsp3) is 0.417. The van der Waals surface area contributed by atoms with Gasteiger partial charge in [0.25, 0.3) is 0 Å². The Balaban J connectivity index is 1.91. The van der Waals surface area contributed by atoms with E-state index in [1.54, 1.807) is 12.1 Å². The molecule has 1 atom stereocenters. The molecule has 0 aromatic heterocycles. The van der Waals surface area contributed by atoms with Crippen molar-refractivity contribution >= 4 is 5.97 Å². The Morgan fingerprint density at radius 1 is 1.33 bits per heavy atom. The second-order valence-electron chi connectivity index (χ2n) is 3.78. The van der Waals surface area contributed by atoms with Crippen LogP contribution >= 0.6 is 0 Å². The van der Waals surface area contributed by atoms with Crippen LogP contribution in [0, 0.1) is 5.92 Å². The molecule has 0 aliphatic carbocycles. The minimum Gasteiger partial charge on any atom is -0.426 e. The van der Waals surface area contributed by atoms with Crippen LogP contribution in [0.25, 0.3) is 0 Å². The molecule has 0 amide bonds. The van der Waals surface area contributed by atoms with Crippen molar-refractivity contribution in [2.75, 3.05) is 13.1 Å². The Labute approximate surface area is 89.4 Å². The monoisotopic (exact) mass is 205 g/mol. The molecule has 1 aromatic carbocycles. The summed E-state index contributed by atoms with van der Waals surface area (Å²) >= 11 is 0. The molecule has 0 bridgehead atoms. The van der Waals surface area contributed by atoms with Crippen LogP contribution in [0.2, 0.25) is 0 Å². The van der Waals surface area contributed by atoms with Gasteiger partial charge >= 0.3 is 5.97 Å². The molecule has 0 spiro atoms. The minimum atomic E-state index is -0.117. The third-order valence-corrected chi connectivity index (χ3v) is 2.59. The van der Waals surface area contributed by atoms with Crippen LogP contribution in [-0.2, 0) is 4.79 Å². The van der Waals surface area contributed by atoms with Crippen molar-refractivity contribution in [2.45, 2.75) is 12.8 Å². The van der Waals surface area contributed by atoms with Crippen molar-refractivity contribution < 1.29 is 9.53 Å². The molecule has 1 aliphatic rings. The highest BCUT2D eigenvalue weighted by atomic mass is 16.5. The van der Waals surface area contributed by atoms with Gasteiger partial charge in [0.15, 0.2) is 0 Å². The van der Waals surface area contributed by atoms with Crippen molar-refractivity contribution in [3.8, 4) is 5.75 Å². The van der Waals surface area contributed by atoms with Crippen LogP contribution in [0.3, 0.4) is 0 Å². The van der Waals surface area contributed by atoms with Crippen LogP contribution in [0.4, 0.5) is 0 Å². The van der Waals surface area contributed by atoms with E-state index >= 15 is 0 Å². The first-order valence-electron chi connectivity index (χ1n) is 5.34. The van der Waals surface area contributed by atoms with E-state index in [0.717, 1.165) is 25.9 Å². The topological polar surface area (TPSA) is 38.3 Å². The fourth-order valence-corrected chi connectivity index (χ4v) is 1.74. The van der Waals surface area contributed by atoms with Crippen molar-refractivity contribution in [2.24, 2.45) is 5.92 Å². The molecule has 1 aromatic rings. The SMILES string of the molecule is O=C(Oc1ccccc1)C1CCCNC1. The molecule has 1 N–H and O–H groups in total. The molecule has 15 heavy (non-hydrogen) atoms. The number of hydrogen-bond acceptors (Lipinski definition) is 3. The number of ether oxygens (including phenoxy) is 1. The van der Waals surface area contributed by atoms with Crippen LogP contribution < -0.4 is 10.1 Å². The van der Waals surface area contributed by atoms with Crippen LogP contribution in [0.1, 0.15) is 12.8 Å². The maximum Gasteiger partial charge on any atom is 0.315 e.